The van der Waals surface area contributed by atoms with E-state index in [0.717, 1.165) is 12.8 Å². The van der Waals surface area contributed by atoms with Gasteiger partial charge in [-0.1, -0.05) is 36.9 Å². The molecule has 1 aliphatic carbocycles. The smallest absolute Gasteiger partial charge is 0.130 e. The van der Waals surface area contributed by atoms with E-state index in [-0.39, 0.29) is 5.56 Å². The molecule has 0 bridgehead atoms. The molecule has 18 heavy (non-hydrogen) atoms. The molecule has 4 heteroatoms. The fraction of sp³-hybridized carbons (Fsp3) is 0.500. The van der Waals surface area contributed by atoms with Crippen molar-refractivity contribution >= 4 is 11.6 Å². The van der Waals surface area contributed by atoms with Crippen LogP contribution in [0.2, 0.25) is 5.02 Å². The lowest BCUT2D eigenvalue weighted by Gasteiger charge is -2.26. The predicted octanol–water partition coefficient (Wildman–Crippen LogP) is 3.97. The van der Waals surface area contributed by atoms with Crippen LogP contribution in [0.4, 0.5) is 4.39 Å². The van der Waals surface area contributed by atoms with E-state index in [1.54, 1.807) is 12.1 Å². The fourth-order valence-electron chi connectivity index (χ4n) is 2.48. The molecule has 0 aliphatic heterocycles. The van der Waals surface area contributed by atoms with Crippen molar-refractivity contribution < 1.29 is 4.39 Å². The maximum absolute atomic E-state index is 13.8. The van der Waals surface area contributed by atoms with Gasteiger partial charge in [-0.3, -0.25) is 5.32 Å². The lowest BCUT2D eigenvalue weighted by Crippen LogP contribution is -2.34. The number of nitrogens with zero attached hydrogens (tertiary/aromatic N) is 1. The second-order valence-electron chi connectivity index (χ2n) is 4.70. The van der Waals surface area contributed by atoms with Gasteiger partial charge in [0.25, 0.3) is 0 Å². The van der Waals surface area contributed by atoms with Crippen LogP contribution in [0.5, 0.6) is 0 Å². The van der Waals surface area contributed by atoms with Crippen molar-refractivity contribution in [3.8, 4) is 6.07 Å². The minimum absolute atomic E-state index is 0.271. The molecule has 1 aliphatic rings. The molecule has 1 unspecified atom stereocenters. The van der Waals surface area contributed by atoms with Crippen LogP contribution >= 0.6 is 11.6 Å². The normalized spacial score (nSPS) is 18.3. The molecule has 0 spiro atoms. The van der Waals surface area contributed by atoms with E-state index < -0.39 is 11.9 Å². The summed E-state index contributed by atoms with van der Waals surface area (Å²) in [6.07, 6.45) is 5.67. The highest BCUT2D eigenvalue weighted by Crippen LogP contribution is 2.27. The van der Waals surface area contributed by atoms with E-state index in [9.17, 15) is 9.65 Å². The van der Waals surface area contributed by atoms with Gasteiger partial charge in [-0.2, -0.15) is 5.26 Å². The van der Waals surface area contributed by atoms with Crippen LogP contribution in [0.1, 0.15) is 43.7 Å². The van der Waals surface area contributed by atoms with Crippen molar-refractivity contribution in [3.05, 3.63) is 34.6 Å². The zero-order valence-electron chi connectivity index (χ0n) is 10.1. The highest BCUT2D eigenvalue weighted by molar-refractivity contribution is 6.31. The summed E-state index contributed by atoms with van der Waals surface area (Å²) in [6, 6.07) is 6.25. The minimum atomic E-state index is -0.665. The Morgan fingerprint density at radius 3 is 2.67 bits per heavy atom. The third-order valence-electron chi connectivity index (χ3n) is 3.43. The Hall–Kier alpha value is -1.11. The van der Waals surface area contributed by atoms with Gasteiger partial charge >= 0.3 is 0 Å². The van der Waals surface area contributed by atoms with Crippen LogP contribution in [0.3, 0.4) is 0 Å². The standard InChI is InChI=1S/C14H16ClFN2/c15-11-7-4-8-12(16)14(11)13(9-17)18-10-5-2-1-3-6-10/h4,7-8,10,13,18H,1-3,5-6H2. The van der Waals surface area contributed by atoms with Crippen molar-refractivity contribution in [1.29, 1.82) is 5.26 Å². The molecular formula is C14H16ClFN2. The van der Waals surface area contributed by atoms with E-state index in [0.29, 0.717) is 11.1 Å². The highest BCUT2D eigenvalue weighted by Gasteiger charge is 2.23. The SMILES string of the molecule is N#CC(NC1CCCCC1)c1c(F)cccc1Cl. The molecule has 1 aromatic carbocycles. The van der Waals surface area contributed by atoms with Crippen LogP contribution in [0.15, 0.2) is 18.2 Å². The summed E-state index contributed by atoms with van der Waals surface area (Å²) in [5.41, 5.74) is 0.271. The average Bonchev–Trinajstić information content (AvgIpc) is 2.38. The summed E-state index contributed by atoms with van der Waals surface area (Å²) < 4.78 is 13.8. The van der Waals surface area contributed by atoms with Gasteiger partial charge in [0.1, 0.15) is 11.9 Å². The number of halogens is 2. The molecule has 2 rings (SSSR count). The number of rotatable bonds is 3. The Bertz CT molecular complexity index is 429. The Morgan fingerprint density at radius 1 is 1.33 bits per heavy atom. The van der Waals surface area contributed by atoms with Crippen LogP contribution in [-0.2, 0) is 0 Å². The van der Waals surface area contributed by atoms with Gasteiger partial charge in [-0.15, -0.1) is 0 Å². The zero-order chi connectivity index (χ0) is 13.0. The van der Waals surface area contributed by atoms with Gasteiger partial charge in [0.15, 0.2) is 0 Å². The molecule has 1 N–H and O–H groups in total. The summed E-state index contributed by atoms with van der Waals surface area (Å²) in [6.45, 7) is 0. The lowest BCUT2D eigenvalue weighted by molar-refractivity contribution is 0.357. The first kappa shape index (κ1) is 13.3. The molecular weight excluding hydrogens is 251 g/mol. The van der Waals surface area contributed by atoms with Crippen LogP contribution < -0.4 is 5.32 Å². The fourth-order valence-corrected chi connectivity index (χ4v) is 2.75. The van der Waals surface area contributed by atoms with Gasteiger partial charge < -0.3 is 0 Å². The summed E-state index contributed by atoms with van der Waals surface area (Å²) in [7, 11) is 0. The summed E-state index contributed by atoms with van der Waals surface area (Å²) in [4.78, 5) is 0. The van der Waals surface area contributed by atoms with Crippen LogP contribution in [0, 0.1) is 17.1 Å². The van der Waals surface area contributed by atoms with Crippen molar-refractivity contribution in [2.75, 3.05) is 0 Å². The van der Waals surface area contributed by atoms with Crippen molar-refractivity contribution in [1.82, 2.24) is 5.32 Å². The van der Waals surface area contributed by atoms with E-state index in [2.05, 4.69) is 11.4 Å². The van der Waals surface area contributed by atoms with E-state index in [1.807, 2.05) is 0 Å². The van der Waals surface area contributed by atoms with Crippen molar-refractivity contribution in [2.45, 2.75) is 44.2 Å². The highest BCUT2D eigenvalue weighted by atomic mass is 35.5. The number of nitrogens with one attached hydrogen (secondary N) is 1. The summed E-state index contributed by atoms with van der Waals surface area (Å²) in [5.74, 6) is -0.419. The van der Waals surface area contributed by atoms with Crippen LogP contribution in [0.25, 0.3) is 0 Å². The molecule has 0 amide bonds. The van der Waals surface area contributed by atoms with E-state index in [1.165, 1.54) is 25.3 Å². The van der Waals surface area contributed by atoms with Crippen molar-refractivity contribution in [2.24, 2.45) is 0 Å². The van der Waals surface area contributed by atoms with Crippen molar-refractivity contribution in [3.63, 3.8) is 0 Å². The number of hydrogen-bond donors (Lipinski definition) is 1. The monoisotopic (exact) mass is 266 g/mol. The molecule has 2 nitrogen and oxygen atoms in total. The Kier molecular flexibility index (Phi) is 4.57. The minimum Gasteiger partial charge on any atom is -0.295 e. The molecule has 1 atom stereocenters. The molecule has 1 aromatic rings. The van der Waals surface area contributed by atoms with Gasteiger partial charge in [0.05, 0.1) is 6.07 Å². The summed E-state index contributed by atoms with van der Waals surface area (Å²) >= 11 is 5.99. The van der Waals surface area contributed by atoms with Gasteiger partial charge in [-0.25, -0.2) is 4.39 Å². The first-order valence-corrected chi connectivity index (χ1v) is 6.69. The quantitative estimate of drug-likeness (QED) is 0.899. The zero-order valence-corrected chi connectivity index (χ0v) is 10.9. The topological polar surface area (TPSA) is 35.8 Å². The predicted molar refractivity (Wildman–Crippen MR) is 69.8 cm³/mol. The van der Waals surface area contributed by atoms with Gasteiger partial charge in [0.2, 0.25) is 0 Å². The maximum Gasteiger partial charge on any atom is 0.130 e. The summed E-state index contributed by atoms with van der Waals surface area (Å²) in [5, 5.41) is 12.7. The third-order valence-corrected chi connectivity index (χ3v) is 3.75. The largest absolute Gasteiger partial charge is 0.295 e. The molecule has 0 radical (unpaired) electrons. The molecule has 0 saturated heterocycles. The van der Waals surface area contributed by atoms with E-state index in [4.69, 9.17) is 11.6 Å². The maximum atomic E-state index is 13.8. The molecule has 1 saturated carbocycles. The Balaban J connectivity index is 2.15. The number of benzene rings is 1. The number of nitriles is 1. The van der Waals surface area contributed by atoms with Gasteiger partial charge in [-0.05, 0) is 25.0 Å². The third kappa shape index (κ3) is 3.01. The molecule has 0 heterocycles. The second-order valence-corrected chi connectivity index (χ2v) is 5.11. The van der Waals surface area contributed by atoms with E-state index >= 15 is 0 Å². The van der Waals surface area contributed by atoms with Crippen LogP contribution in [-0.4, -0.2) is 6.04 Å². The first-order chi connectivity index (χ1) is 8.72. The first-order valence-electron chi connectivity index (χ1n) is 6.32. The van der Waals surface area contributed by atoms with Gasteiger partial charge in [0, 0.05) is 16.6 Å². The lowest BCUT2D eigenvalue weighted by atomic mass is 9.94. The average molecular weight is 267 g/mol. The Morgan fingerprint density at radius 2 is 2.06 bits per heavy atom. The molecule has 1 fully saturated rings. The molecule has 0 aromatic heterocycles. The number of hydrogen-bond acceptors (Lipinski definition) is 2. The second kappa shape index (κ2) is 6.17. The molecule has 96 valence electrons. The Labute approximate surface area is 112 Å².